The van der Waals surface area contributed by atoms with E-state index < -0.39 is 41.9 Å². The van der Waals surface area contributed by atoms with Gasteiger partial charge in [0.05, 0.1) is 49.2 Å². The number of methoxy groups -OCH3 is 2. The van der Waals surface area contributed by atoms with Crippen LogP contribution in [-0.2, 0) is 35.6 Å². The van der Waals surface area contributed by atoms with Gasteiger partial charge in [0.15, 0.2) is 0 Å². The molecule has 63 heavy (non-hydrogen) atoms. The molecule has 314 valence electrons. The molecule has 0 aliphatic carbocycles. The van der Waals surface area contributed by atoms with E-state index in [1.165, 1.54) is 14.2 Å². The van der Waals surface area contributed by atoms with Crippen LogP contribution in [0.5, 0.6) is 0 Å². The molecule has 0 N–H and O–H groups in total. The molecule has 1 aromatic heterocycles. The molecule has 10 heteroatoms. The third-order valence-corrected chi connectivity index (χ3v) is 12.4. The summed E-state index contributed by atoms with van der Waals surface area (Å²) >= 11 is 0. The number of carbonyl (C=O) groups excluding carboxylic acids is 2. The number of likely N-dealkylation sites (tertiary alicyclic amines) is 1. The molecule has 0 spiro atoms. The Hall–Kier alpha value is -6.87. The van der Waals surface area contributed by atoms with Gasteiger partial charge in [-0.1, -0.05) is 157 Å². The van der Waals surface area contributed by atoms with Gasteiger partial charge in [-0.2, -0.15) is 0 Å². The number of carbonyl (C=O) groups is 2. The van der Waals surface area contributed by atoms with Crippen LogP contribution in [0.15, 0.2) is 191 Å². The van der Waals surface area contributed by atoms with Crippen LogP contribution in [-0.4, -0.2) is 74.2 Å². The quantitative estimate of drug-likeness (QED) is 0.131. The maximum Gasteiger partial charge on any atom is 2.00 e. The van der Waals surface area contributed by atoms with Gasteiger partial charge in [-0.25, -0.2) is 4.99 Å². The predicted octanol–water partition coefficient (Wildman–Crippen LogP) is 6.84. The number of esters is 2. The Bertz CT molecular complexity index is 2950. The van der Waals surface area contributed by atoms with Crippen molar-refractivity contribution in [2.75, 3.05) is 27.8 Å². The number of allylic oxidation sites excluding steroid dienone is 4. The minimum atomic E-state index is -0.857. The van der Waals surface area contributed by atoms with Gasteiger partial charge in [0.1, 0.15) is 0 Å². The van der Waals surface area contributed by atoms with Crippen molar-refractivity contribution in [2.24, 2.45) is 21.8 Å². The zero-order valence-electron chi connectivity index (χ0n) is 34.9. The predicted molar refractivity (Wildman–Crippen MR) is 243 cm³/mol. The van der Waals surface area contributed by atoms with Gasteiger partial charge in [0.25, 0.3) is 0 Å². The fraction of sp³-hybridized carbons (Fsp3) is 0.170. The van der Waals surface area contributed by atoms with Crippen LogP contribution in [0.3, 0.4) is 0 Å². The van der Waals surface area contributed by atoms with Gasteiger partial charge in [-0.3, -0.25) is 19.5 Å². The largest absolute Gasteiger partial charge is 2.00 e. The Kier molecular flexibility index (Phi) is 11.5. The molecule has 2 unspecified atom stereocenters. The van der Waals surface area contributed by atoms with E-state index in [-0.39, 0.29) is 16.5 Å². The first-order valence-corrected chi connectivity index (χ1v) is 20.8. The molecular formula is C53H43N5NiO4. The zero-order chi connectivity index (χ0) is 42.3. The Morgan fingerprint density at radius 3 is 1.76 bits per heavy atom. The molecule has 5 aliphatic heterocycles. The number of rotatable bonds is 7. The van der Waals surface area contributed by atoms with Crippen molar-refractivity contribution in [3.63, 3.8) is 0 Å². The van der Waals surface area contributed by atoms with Gasteiger partial charge in [-0.15, -0.1) is 16.4 Å². The topological polar surface area (TPSA) is 109 Å². The molecule has 9 nitrogen and oxygen atoms in total. The molecule has 0 amide bonds. The average molecular weight is 873 g/mol. The van der Waals surface area contributed by atoms with E-state index in [2.05, 4.69) is 95.9 Å². The van der Waals surface area contributed by atoms with Crippen molar-refractivity contribution in [2.45, 2.75) is 18.1 Å². The molecule has 5 aromatic rings. The number of fused-ring (bicyclic) bond motifs is 6. The number of hydrogen-bond donors (Lipinski definition) is 0. The summed E-state index contributed by atoms with van der Waals surface area (Å²) in [5.74, 6) is -2.55. The maximum atomic E-state index is 14.0. The molecule has 4 aromatic carbocycles. The number of aromatic nitrogens is 1. The first-order valence-electron chi connectivity index (χ1n) is 20.8. The number of likely N-dealkylation sites (N-methyl/N-ethyl adjacent to an activating group) is 1. The third kappa shape index (κ3) is 7.49. The summed E-state index contributed by atoms with van der Waals surface area (Å²) in [6.07, 6.45) is 10.4. The van der Waals surface area contributed by atoms with E-state index in [1.54, 1.807) is 0 Å². The van der Waals surface area contributed by atoms with Crippen LogP contribution in [0.4, 0.5) is 0 Å². The van der Waals surface area contributed by atoms with Gasteiger partial charge in [0, 0.05) is 12.6 Å². The summed E-state index contributed by atoms with van der Waals surface area (Å²) in [5, 5.41) is 7.30. The van der Waals surface area contributed by atoms with Gasteiger partial charge in [0.2, 0.25) is 0 Å². The number of hydrogen-bond acceptors (Lipinski definition) is 7. The zero-order valence-corrected chi connectivity index (χ0v) is 35.9. The Morgan fingerprint density at radius 2 is 1.19 bits per heavy atom. The van der Waals surface area contributed by atoms with Gasteiger partial charge >= 0.3 is 28.4 Å². The molecule has 0 radical (unpaired) electrons. The molecule has 8 bridgehead atoms. The van der Waals surface area contributed by atoms with E-state index in [0.717, 1.165) is 83.6 Å². The van der Waals surface area contributed by atoms with Crippen LogP contribution in [0.25, 0.3) is 27.6 Å². The van der Waals surface area contributed by atoms with Crippen molar-refractivity contribution in [3.05, 3.63) is 219 Å². The van der Waals surface area contributed by atoms with E-state index >= 15 is 0 Å². The number of nitrogens with zero attached hydrogens (tertiary/aromatic N) is 5. The van der Waals surface area contributed by atoms with Crippen molar-refractivity contribution in [3.8, 4) is 0 Å². The molecule has 6 heterocycles. The second-order valence-electron chi connectivity index (χ2n) is 15.9. The fourth-order valence-corrected chi connectivity index (χ4v) is 9.64. The third-order valence-electron chi connectivity index (χ3n) is 12.4. The first kappa shape index (κ1) is 41.5. The Labute approximate surface area is 376 Å². The van der Waals surface area contributed by atoms with E-state index in [0.29, 0.717) is 6.54 Å². The maximum absolute atomic E-state index is 14.0. The fourth-order valence-electron chi connectivity index (χ4n) is 9.64. The van der Waals surface area contributed by atoms with Crippen LogP contribution >= 0.6 is 0 Å². The normalized spacial score (nSPS) is 26.7. The van der Waals surface area contributed by atoms with Gasteiger partial charge in [-0.05, 0) is 69.8 Å². The van der Waals surface area contributed by atoms with Crippen LogP contribution in [0, 0.1) is 11.8 Å². The number of aliphatic imine (C=N–C) groups is 2. The summed E-state index contributed by atoms with van der Waals surface area (Å²) in [6, 6.07) is 43.4. The van der Waals surface area contributed by atoms with Crippen molar-refractivity contribution in [1.82, 2.24) is 9.88 Å². The first-order chi connectivity index (χ1) is 30.4. The minimum Gasteiger partial charge on any atom is -0.674 e. The summed E-state index contributed by atoms with van der Waals surface area (Å²) in [7, 11) is 4.67. The molecule has 5 aliphatic rings. The molecule has 1 saturated heterocycles. The molecule has 10 rings (SSSR count). The van der Waals surface area contributed by atoms with E-state index in [1.807, 2.05) is 79.8 Å². The van der Waals surface area contributed by atoms with Crippen molar-refractivity contribution >= 4 is 45.7 Å². The molecule has 0 saturated carbocycles. The van der Waals surface area contributed by atoms with Crippen LogP contribution < -0.4 is 15.7 Å². The Balaban J connectivity index is 0.00000504. The second-order valence-corrected chi connectivity index (χ2v) is 15.9. The standard InChI is InChI=1S/C53H43N5O4.Ni/c1-58-31-37(52(59)61-2)49(53(60)62-3)51(58)36-30-44-47(34-20-12-6-13-21-34)42-27-26-40(55-42)45(32-16-8-4-9-17-32)38-24-25-39(54-38)46(33-18-10-5-11-19-33)41-28-29-43(56-41)48(50(36)57-44)35-22-14-7-15-23-35;/h4-30,37,42,49-51H,31H2,1-3H3;/q-2;+2/b47-44-,48-43-;/t37-,42?,49+,50?,51-;/m1./s1. The summed E-state index contributed by atoms with van der Waals surface area (Å²) in [4.78, 5) is 45.8. The smallest absolute Gasteiger partial charge is 0.674 e. The van der Waals surface area contributed by atoms with E-state index in [9.17, 15) is 9.59 Å². The SMILES string of the molecule is COC(=O)[C@@H]1[C@@H](C2=C/C3=C(\c4ccccc4)C4C=CC(=N4)/C(c4ccccc4)=c4/cc/c([n-]4)=C(\c4ccccc4)C4=N/C(=C(/c5ccccc5)C2[N-]3)C=C4)N(C)C[C@H]1C(=O)OC.[Ni+2]. The van der Waals surface area contributed by atoms with Gasteiger partial charge < -0.3 is 19.8 Å². The second kappa shape index (κ2) is 17.5. The van der Waals surface area contributed by atoms with Crippen molar-refractivity contribution < 1.29 is 35.6 Å². The molecule has 5 atom stereocenters. The minimum absolute atomic E-state index is 0. The van der Waals surface area contributed by atoms with Crippen LogP contribution in [0.1, 0.15) is 22.3 Å². The number of benzene rings is 4. The Morgan fingerprint density at radius 1 is 0.651 bits per heavy atom. The molecular weight excluding hydrogens is 829 g/mol. The average Bonchev–Trinajstić information content (AvgIpc) is 4.18. The van der Waals surface area contributed by atoms with Crippen LogP contribution in [0.2, 0.25) is 0 Å². The van der Waals surface area contributed by atoms with E-state index in [4.69, 9.17) is 29.8 Å². The monoisotopic (exact) mass is 871 g/mol. The van der Waals surface area contributed by atoms with Crippen molar-refractivity contribution in [1.29, 1.82) is 0 Å². The summed E-state index contributed by atoms with van der Waals surface area (Å²) in [5.41, 5.74) is 11.3. The number of ether oxygens (including phenoxy) is 2. The summed E-state index contributed by atoms with van der Waals surface area (Å²) < 4.78 is 10.8. The summed E-state index contributed by atoms with van der Waals surface area (Å²) in [6.45, 7) is 0.298. The molecule has 1 fully saturated rings.